The minimum Gasteiger partial charge on any atom is -0.494 e. The second kappa shape index (κ2) is 7.69. The highest BCUT2D eigenvalue weighted by Gasteiger charge is 2.09. The number of rotatable bonds is 7. The molecule has 0 amide bonds. The average molecular weight is 300 g/mol. The molecule has 0 aliphatic carbocycles. The predicted octanol–water partition coefficient (Wildman–Crippen LogP) is 3.69. The van der Waals surface area contributed by atoms with Crippen LogP contribution in [0.4, 0.5) is 5.69 Å². The molecule has 4 nitrogen and oxygen atoms in total. The van der Waals surface area contributed by atoms with Crippen LogP contribution in [0, 0.1) is 0 Å². The van der Waals surface area contributed by atoms with Crippen LogP contribution in [0.5, 0.6) is 5.75 Å². The van der Waals surface area contributed by atoms with Gasteiger partial charge in [0, 0.05) is 12.1 Å². The Kier molecular flexibility index (Phi) is 5.64. The molecular formula is C18H24N2O2. The minimum absolute atomic E-state index is 0.120. The van der Waals surface area contributed by atoms with Gasteiger partial charge in [-0.3, -0.25) is 4.79 Å². The summed E-state index contributed by atoms with van der Waals surface area (Å²) >= 11 is 0. The molecule has 0 aliphatic rings. The van der Waals surface area contributed by atoms with E-state index in [0.717, 1.165) is 36.3 Å². The lowest BCUT2D eigenvalue weighted by atomic mass is 10.1. The van der Waals surface area contributed by atoms with Gasteiger partial charge in [-0.05, 0) is 37.1 Å². The van der Waals surface area contributed by atoms with Crippen molar-refractivity contribution in [2.45, 2.75) is 39.7 Å². The largest absolute Gasteiger partial charge is 0.494 e. The first kappa shape index (κ1) is 16.1. The van der Waals surface area contributed by atoms with Crippen LogP contribution in [0.25, 0.3) is 11.3 Å². The molecule has 22 heavy (non-hydrogen) atoms. The van der Waals surface area contributed by atoms with Gasteiger partial charge < -0.3 is 15.0 Å². The van der Waals surface area contributed by atoms with E-state index in [2.05, 4.69) is 13.8 Å². The highest BCUT2D eigenvalue weighted by molar-refractivity contribution is 5.63. The van der Waals surface area contributed by atoms with E-state index in [0.29, 0.717) is 18.8 Å². The van der Waals surface area contributed by atoms with Crippen LogP contribution in [0.3, 0.4) is 0 Å². The van der Waals surface area contributed by atoms with E-state index in [1.165, 1.54) is 0 Å². The molecule has 0 radical (unpaired) electrons. The predicted molar refractivity (Wildman–Crippen MR) is 91.2 cm³/mol. The molecule has 0 bridgehead atoms. The van der Waals surface area contributed by atoms with Gasteiger partial charge in [-0.2, -0.15) is 0 Å². The Morgan fingerprint density at radius 2 is 1.95 bits per heavy atom. The number of hydrogen-bond acceptors (Lipinski definition) is 3. The summed E-state index contributed by atoms with van der Waals surface area (Å²) in [6, 6.07) is 11.4. The summed E-state index contributed by atoms with van der Waals surface area (Å²) in [5.74, 6) is 0.825. The average Bonchev–Trinajstić information content (AvgIpc) is 2.54. The number of aromatic nitrogens is 1. The Balaban J connectivity index is 2.43. The van der Waals surface area contributed by atoms with E-state index in [1.54, 1.807) is 10.6 Å². The number of nitrogens with two attached hydrogens (primary N) is 1. The summed E-state index contributed by atoms with van der Waals surface area (Å²) in [6.07, 6.45) is 2.94. The molecule has 2 rings (SSSR count). The number of pyridine rings is 1. The first-order valence-electron chi connectivity index (χ1n) is 7.90. The maximum atomic E-state index is 12.3. The Labute approximate surface area is 131 Å². The smallest absolute Gasteiger partial charge is 0.274 e. The van der Waals surface area contributed by atoms with Crippen LogP contribution in [-0.4, -0.2) is 11.2 Å². The molecule has 0 atom stereocenters. The number of benzene rings is 1. The molecule has 1 aromatic carbocycles. The first-order valence-corrected chi connectivity index (χ1v) is 7.90. The van der Waals surface area contributed by atoms with Gasteiger partial charge in [-0.15, -0.1) is 0 Å². The third-order valence-corrected chi connectivity index (χ3v) is 3.54. The standard InChI is InChI=1S/C18H24N2O2/c1-3-5-11-20-17(10-9-16(19)18(20)21)14-7-6-8-15(13-14)22-12-4-2/h6-10,13H,3-5,11-12,19H2,1-2H3. The van der Waals surface area contributed by atoms with Crippen molar-refractivity contribution >= 4 is 5.69 Å². The maximum absolute atomic E-state index is 12.3. The zero-order chi connectivity index (χ0) is 15.9. The lowest BCUT2D eigenvalue weighted by Crippen LogP contribution is -2.24. The summed E-state index contributed by atoms with van der Waals surface area (Å²) < 4.78 is 7.44. The number of unbranched alkanes of at least 4 members (excludes halogenated alkanes) is 1. The second-order valence-electron chi connectivity index (χ2n) is 5.36. The van der Waals surface area contributed by atoms with Crippen LogP contribution >= 0.6 is 0 Å². The van der Waals surface area contributed by atoms with Crippen molar-refractivity contribution < 1.29 is 4.74 Å². The zero-order valence-electron chi connectivity index (χ0n) is 13.3. The lowest BCUT2D eigenvalue weighted by Gasteiger charge is -2.14. The Morgan fingerprint density at radius 3 is 2.68 bits per heavy atom. The summed E-state index contributed by atoms with van der Waals surface area (Å²) in [7, 11) is 0. The quantitative estimate of drug-likeness (QED) is 0.848. The van der Waals surface area contributed by atoms with Gasteiger partial charge in [0.1, 0.15) is 5.75 Å². The monoisotopic (exact) mass is 300 g/mol. The Bertz CT molecular complexity index is 677. The van der Waals surface area contributed by atoms with Gasteiger partial charge >= 0.3 is 0 Å². The second-order valence-corrected chi connectivity index (χ2v) is 5.36. The summed E-state index contributed by atoms with van der Waals surface area (Å²) in [5.41, 5.74) is 7.81. The number of ether oxygens (including phenoxy) is 1. The maximum Gasteiger partial charge on any atom is 0.274 e. The molecule has 0 fully saturated rings. The minimum atomic E-state index is -0.120. The van der Waals surface area contributed by atoms with E-state index in [4.69, 9.17) is 10.5 Å². The Morgan fingerprint density at radius 1 is 1.14 bits per heavy atom. The molecular weight excluding hydrogens is 276 g/mol. The van der Waals surface area contributed by atoms with E-state index in [-0.39, 0.29) is 5.56 Å². The molecule has 2 N–H and O–H groups in total. The molecule has 2 aromatic rings. The molecule has 0 unspecified atom stereocenters. The third-order valence-electron chi connectivity index (χ3n) is 3.54. The zero-order valence-corrected chi connectivity index (χ0v) is 13.3. The van der Waals surface area contributed by atoms with E-state index in [9.17, 15) is 4.79 Å². The van der Waals surface area contributed by atoms with Crippen LogP contribution in [-0.2, 0) is 6.54 Å². The van der Waals surface area contributed by atoms with Gasteiger partial charge in [0.05, 0.1) is 18.0 Å². The lowest BCUT2D eigenvalue weighted by molar-refractivity contribution is 0.317. The summed E-state index contributed by atoms with van der Waals surface area (Å²) in [6.45, 7) is 5.55. The van der Waals surface area contributed by atoms with Gasteiger partial charge in [0.2, 0.25) is 0 Å². The number of hydrogen-bond donors (Lipinski definition) is 1. The Hall–Kier alpha value is -2.23. The van der Waals surface area contributed by atoms with Crippen LogP contribution < -0.4 is 16.0 Å². The van der Waals surface area contributed by atoms with E-state index < -0.39 is 0 Å². The molecule has 0 saturated carbocycles. The highest BCUT2D eigenvalue weighted by Crippen LogP contribution is 2.24. The summed E-state index contributed by atoms with van der Waals surface area (Å²) in [5, 5.41) is 0. The fourth-order valence-corrected chi connectivity index (χ4v) is 2.35. The molecule has 118 valence electrons. The first-order chi connectivity index (χ1) is 10.7. The van der Waals surface area contributed by atoms with Crippen molar-refractivity contribution in [3.8, 4) is 17.0 Å². The molecule has 0 spiro atoms. The van der Waals surface area contributed by atoms with Crippen LogP contribution in [0.2, 0.25) is 0 Å². The van der Waals surface area contributed by atoms with Crippen LogP contribution in [0.1, 0.15) is 33.1 Å². The van der Waals surface area contributed by atoms with Gasteiger partial charge in [-0.1, -0.05) is 32.4 Å². The third kappa shape index (κ3) is 3.70. The topological polar surface area (TPSA) is 57.2 Å². The fourth-order valence-electron chi connectivity index (χ4n) is 2.35. The molecule has 1 aromatic heterocycles. The number of anilines is 1. The van der Waals surface area contributed by atoms with Crippen molar-refractivity contribution in [2.75, 3.05) is 12.3 Å². The number of nitrogen functional groups attached to an aromatic ring is 1. The van der Waals surface area contributed by atoms with Crippen LogP contribution in [0.15, 0.2) is 41.2 Å². The highest BCUT2D eigenvalue weighted by atomic mass is 16.5. The van der Waals surface area contributed by atoms with E-state index in [1.807, 2.05) is 30.3 Å². The SMILES string of the molecule is CCCCn1c(-c2cccc(OCCC)c2)ccc(N)c1=O. The fraction of sp³-hybridized carbons (Fsp3) is 0.389. The van der Waals surface area contributed by atoms with Crippen molar-refractivity contribution in [1.29, 1.82) is 0 Å². The van der Waals surface area contributed by atoms with Crippen molar-refractivity contribution in [2.24, 2.45) is 0 Å². The molecule has 1 heterocycles. The summed E-state index contributed by atoms with van der Waals surface area (Å²) in [4.78, 5) is 12.3. The van der Waals surface area contributed by atoms with Gasteiger partial charge in [-0.25, -0.2) is 0 Å². The van der Waals surface area contributed by atoms with Crippen molar-refractivity contribution in [3.63, 3.8) is 0 Å². The normalized spacial score (nSPS) is 10.6. The number of nitrogens with zero attached hydrogens (tertiary/aromatic N) is 1. The molecule has 0 saturated heterocycles. The van der Waals surface area contributed by atoms with Gasteiger partial charge in [0.25, 0.3) is 5.56 Å². The molecule has 4 heteroatoms. The van der Waals surface area contributed by atoms with Gasteiger partial charge in [0.15, 0.2) is 0 Å². The van der Waals surface area contributed by atoms with Crippen molar-refractivity contribution in [3.05, 3.63) is 46.8 Å². The van der Waals surface area contributed by atoms with Crippen molar-refractivity contribution in [1.82, 2.24) is 4.57 Å². The van der Waals surface area contributed by atoms with E-state index >= 15 is 0 Å². The molecule has 0 aliphatic heterocycles.